The van der Waals surface area contributed by atoms with E-state index in [1.54, 1.807) is 19.1 Å². The molecule has 0 bridgehead atoms. The van der Waals surface area contributed by atoms with Crippen LogP contribution >= 0.6 is 34.9 Å². The Kier molecular flexibility index (Phi) is 3.81. The van der Waals surface area contributed by atoms with Crippen LogP contribution < -0.4 is 5.32 Å². The van der Waals surface area contributed by atoms with Gasteiger partial charge in [0.1, 0.15) is 11.0 Å². The van der Waals surface area contributed by atoms with Crippen LogP contribution in [0.1, 0.15) is 6.92 Å². The van der Waals surface area contributed by atoms with Crippen LogP contribution in [-0.2, 0) is 4.79 Å². The molecule has 17 heavy (non-hydrogen) atoms. The maximum absolute atomic E-state index is 11.8. The molecule has 7 heteroatoms. The Morgan fingerprint density at radius 3 is 3.00 bits per heavy atom. The second-order valence-corrected chi connectivity index (χ2v) is 4.84. The van der Waals surface area contributed by atoms with Crippen molar-refractivity contribution in [2.24, 2.45) is 5.92 Å². The van der Waals surface area contributed by atoms with Crippen molar-refractivity contribution in [3.63, 3.8) is 0 Å². The first kappa shape index (κ1) is 12.5. The summed E-state index contributed by atoms with van der Waals surface area (Å²) in [6.45, 7) is 1.75. The zero-order chi connectivity index (χ0) is 12.4. The molecule has 0 fully saturated rings. The molecule has 1 aromatic carbocycles. The molecule has 0 radical (unpaired) electrons. The summed E-state index contributed by atoms with van der Waals surface area (Å²) < 4.78 is 8.20. The predicted octanol–water partition coefficient (Wildman–Crippen LogP) is 3.16. The van der Waals surface area contributed by atoms with Gasteiger partial charge in [0.25, 0.3) is 0 Å². The molecule has 0 aliphatic heterocycles. The standard InChI is InChI=1S/C10H9Cl2N3OS/c1-5(4-11)10(16)13-8-6(12)2-3-7-9(8)15-17-14-7/h2-3,5H,4H2,1H3,(H,13,16). The molecule has 1 unspecified atom stereocenters. The molecular weight excluding hydrogens is 281 g/mol. The first-order valence-electron chi connectivity index (χ1n) is 4.91. The summed E-state index contributed by atoms with van der Waals surface area (Å²) in [7, 11) is 0. The number of amides is 1. The van der Waals surface area contributed by atoms with Gasteiger partial charge < -0.3 is 5.32 Å². The van der Waals surface area contributed by atoms with Crippen LogP contribution in [-0.4, -0.2) is 20.5 Å². The number of carbonyl (C=O) groups is 1. The Labute approximate surface area is 112 Å². The highest BCUT2D eigenvalue weighted by Crippen LogP contribution is 2.30. The summed E-state index contributed by atoms with van der Waals surface area (Å²) in [6.07, 6.45) is 0. The quantitative estimate of drug-likeness (QED) is 0.883. The molecular formula is C10H9Cl2N3OS. The number of nitrogens with one attached hydrogen (secondary N) is 1. The Morgan fingerprint density at radius 1 is 1.53 bits per heavy atom. The molecule has 2 rings (SSSR count). The van der Waals surface area contributed by atoms with Crippen molar-refractivity contribution >= 4 is 57.6 Å². The normalized spacial score (nSPS) is 12.6. The van der Waals surface area contributed by atoms with E-state index in [1.165, 1.54) is 0 Å². The van der Waals surface area contributed by atoms with Gasteiger partial charge in [0.2, 0.25) is 5.91 Å². The summed E-state index contributed by atoms with van der Waals surface area (Å²) in [4.78, 5) is 11.8. The third-order valence-electron chi connectivity index (χ3n) is 2.30. The van der Waals surface area contributed by atoms with Gasteiger partial charge in [0.15, 0.2) is 0 Å². The fourth-order valence-electron chi connectivity index (χ4n) is 1.26. The predicted molar refractivity (Wildman–Crippen MR) is 70.9 cm³/mol. The summed E-state index contributed by atoms with van der Waals surface area (Å²) in [5, 5.41) is 3.18. The maximum atomic E-state index is 11.8. The molecule has 1 N–H and O–H groups in total. The van der Waals surface area contributed by atoms with Crippen molar-refractivity contribution in [2.45, 2.75) is 6.92 Å². The van der Waals surface area contributed by atoms with Gasteiger partial charge in [-0.05, 0) is 12.1 Å². The topological polar surface area (TPSA) is 54.9 Å². The monoisotopic (exact) mass is 289 g/mol. The number of carbonyl (C=O) groups excluding carboxylic acids is 1. The Morgan fingerprint density at radius 2 is 2.29 bits per heavy atom. The van der Waals surface area contributed by atoms with E-state index in [4.69, 9.17) is 23.2 Å². The number of aromatic nitrogens is 2. The molecule has 1 heterocycles. The van der Waals surface area contributed by atoms with Crippen LogP contribution in [0.5, 0.6) is 0 Å². The first-order chi connectivity index (χ1) is 8.13. The molecule has 4 nitrogen and oxygen atoms in total. The van der Waals surface area contributed by atoms with E-state index >= 15 is 0 Å². The third kappa shape index (κ3) is 2.51. The van der Waals surface area contributed by atoms with E-state index in [1.807, 2.05) is 0 Å². The summed E-state index contributed by atoms with van der Waals surface area (Å²) in [6, 6.07) is 3.45. The fraction of sp³-hybridized carbons (Fsp3) is 0.300. The van der Waals surface area contributed by atoms with Gasteiger partial charge in [-0.2, -0.15) is 8.75 Å². The van der Waals surface area contributed by atoms with E-state index in [2.05, 4.69) is 14.1 Å². The smallest absolute Gasteiger partial charge is 0.228 e. The van der Waals surface area contributed by atoms with Crippen molar-refractivity contribution < 1.29 is 4.79 Å². The van der Waals surface area contributed by atoms with Gasteiger partial charge in [-0.25, -0.2) is 0 Å². The van der Waals surface area contributed by atoms with E-state index in [0.29, 0.717) is 21.7 Å². The van der Waals surface area contributed by atoms with Crippen molar-refractivity contribution in [3.05, 3.63) is 17.2 Å². The van der Waals surface area contributed by atoms with Crippen molar-refractivity contribution in [1.29, 1.82) is 0 Å². The fourth-order valence-corrected chi connectivity index (χ4v) is 2.14. The van der Waals surface area contributed by atoms with Crippen molar-refractivity contribution in [3.8, 4) is 0 Å². The minimum atomic E-state index is -0.283. The number of halogens is 2. The SMILES string of the molecule is CC(CCl)C(=O)Nc1c(Cl)ccc2nsnc12. The Hall–Kier alpha value is -0.910. The minimum absolute atomic E-state index is 0.178. The van der Waals surface area contributed by atoms with E-state index in [0.717, 1.165) is 11.7 Å². The highest BCUT2D eigenvalue weighted by atomic mass is 35.5. The molecule has 0 saturated heterocycles. The zero-order valence-electron chi connectivity index (χ0n) is 8.91. The number of alkyl halides is 1. The second kappa shape index (κ2) is 5.16. The van der Waals surface area contributed by atoms with Crippen LogP contribution in [0.4, 0.5) is 5.69 Å². The van der Waals surface area contributed by atoms with Gasteiger partial charge in [-0.15, -0.1) is 11.6 Å². The minimum Gasteiger partial charge on any atom is -0.323 e. The summed E-state index contributed by atoms with van der Waals surface area (Å²) >= 11 is 12.8. The lowest BCUT2D eigenvalue weighted by molar-refractivity contribution is -0.118. The van der Waals surface area contributed by atoms with Crippen LogP contribution in [0.25, 0.3) is 11.0 Å². The van der Waals surface area contributed by atoms with E-state index in [9.17, 15) is 4.79 Å². The maximum Gasteiger partial charge on any atom is 0.228 e. The third-order valence-corrected chi connectivity index (χ3v) is 3.62. The van der Waals surface area contributed by atoms with E-state index < -0.39 is 0 Å². The van der Waals surface area contributed by atoms with Crippen LogP contribution in [0.2, 0.25) is 5.02 Å². The van der Waals surface area contributed by atoms with Crippen LogP contribution in [0.15, 0.2) is 12.1 Å². The Balaban J connectivity index is 2.37. The first-order valence-corrected chi connectivity index (χ1v) is 6.55. The molecule has 1 atom stereocenters. The number of fused-ring (bicyclic) bond motifs is 1. The van der Waals surface area contributed by atoms with Gasteiger partial charge in [0.05, 0.1) is 22.4 Å². The van der Waals surface area contributed by atoms with Gasteiger partial charge in [-0.3, -0.25) is 4.79 Å². The number of rotatable bonds is 3. The summed E-state index contributed by atoms with van der Waals surface area (Å²) in [5.41, 5.74) is 1.82. The molecule has 1 aromatic heterocycles. The van der Waals surface area contributed by atoms with Gasteiger partial charge in [0, 0.05) is 11.8 Å². The second-order valence-electron chi connectivity index (χ2n) is 3.60. The van der Waals surface area contributed by atoms with Gasteiger partial charge >= 0.3 is 0 Å². The number of nitrogens with zero attached hydrogens (tertiary/aromatic N) is 2. The largest absolute Gasteiger partial charge is 0.323 e. The Bertz CT molecular complexity index is 557. The molecule has 0 spiro atoms. The molecule has 0 aliphatic carbocycles. The zero-order valence-corrected chi connectivity index (χ0v) is 11.2. The van der Waals surface area contributed by atoms with E-state index in [-0.39, 0.29) is 17.7 Å². The average molecular weight is 290 g/mol. The highest BCUT2D eigenvalue weighted by Gasteiger charge is 2.16. The molecule has 90 valence electrons. The van der Waals surface area contributed by atoms with Crippen molar-refractivity contribution in [2.75, 3.05) is 11.2 Å². The highest BCUT2D eigenvalue weighted by molar-refractivity contribution is 7.00. The average Bonchev–Trinajstić information content (AvgIpc) is 2.80. The van der Waals surface area contributed by atoms with Crippen LogP contribution in [0.3, 0.4) is 0 Å². The lowest BCUT2D eigenvalue weighted by Gasteiger charge is -2.10. The molecule has 1 amide bonds. The lowest BCUT2D eigenvalue weighted by atomic mass is 10.2. The number of anilines is 1. The van der Waals surface area contributed by atoms with Crippen molar-refractivity contribution in [1.82, 2.24) is 8.75 Å². The molecule has 0 aliphatic rings. The number of hydrogen-bond acceptors (Lipinski definition) is 4. The molecule has 2 aromatic rings. The molecule has 0 saturated carbocycles. The van der Waals surface area contributed by atoms with Crippen LogP contribution in [0, 0.1) is 5.92 Å². The van der Waals surface area contributed by atoms with Gasteiger partial charge in [-0.1, -0.05) is 18.5 Å². The lowest BCUT2D eigenvalue weighted by Crippen LogP contribution is -2.21. The number of hydrogen-bond donors (Lipinski definition) is 1. The number of benzene rings is 1. The summed E-state index contributed by atoms with van der Waals surface area (Å²) in [5.74, 6) is -0.202.